The zero-order valence-electron chi connectivity index (χ0n) is 11.9. The van der Waals surface area contributed by atoms with Crippen molar-refractivity contribution in [2.75, 3.05) is 0 Å². The Hall–Kier alpha value is -1.52. The minimum atomic E-state index is -0.284. The molecule has 0 bridgehead atoms. The van der Waals surface area contributed by atoms with Crippen LogP contribution in [0.15, 0.2) is 35.7 Å². The molecule has 1 heterocycles. The van der Waals surface area contributed by atoms with Crippen LogP contribution in [0.1, 0.15) is 31.7 Å². The lowest BCUT2D eigenvalue weighted by molar-refractivity contribution is -0.118. The Labute approximate surface area is 123 Å². The molecule has 0 radical (unpaired) electrons. The van der Waals surface area contributed by atoms with Gasteiger partial charge in [0.15, 0.2) is 0 Å². The van der Waals surface area contributed by atoms with Crippen molar-refractivity contribution in [3.63, 3.8) is 0 Å². The van der Waals surface area contributed by atoms with Gasteiger partial charge in [0.25, 0.3) is 0 Å². The molecular weight excluding hydrogens is 268 g/mol. The van der Waals surface area contributed by atoms with Crippen molar-refractivity contribution in [3.05, 3.63) is 40.7 Å². The van der Waals surface area contributed by atoms with E-state index in [0.717, 1.165) is 16.3 Å². The summed E-state index contributed by atoms with van der Waals surface area (Å²) in [7, 11) is 0. The first-order chi connectivity index (χ1) is 9.44. The van der Waals surface area contributed by atoms with Crippen molar-refractivity contribution in [2.45, 2.75) is 38.6 Å². The largest absolute Gasteiger partial charge is 0.326 e. The van der Waals surface area contributed by atoms with Crippen LogP contribution in [0.4, 0.5) is 0 Å². The van der Waals surface area contributed by atoms with E-state index in [4.69, 9.17) is 5.73 Å². The lowest BCUT2D eigenvalue weighted by Crippen LogP contribution is -2.32. The van der Waals surface area contributed by atoms with E-state index in [1.54, 1.807) is 11.3 Å². The van der Waals surface area contributed by atoms with Crippen molar-refractivity contribution < 1.29 is 4.79 Å². The number of nitrogens with zero attached hydrogens (tertiary/aromatic N) is 1. The Morgan fingerprint density at radius 3 is 2.65 bits per heavy atom. The molecule has 2 aromatic rings. The van der Waals surface area contributed by atoms with Gasteiger partial charge in [0, 0.05) is 22.9 Å². The normalized spacial score (nSPS) is 11.6. The number of benzene rings is 1. The molecule has 4 heteroatoms. The highest BCUT2D eigenvalue weighted by Crippen LogP contribution is 2.22. The van der Waals surface area contributed by atoms with Crippen molar-refractivity contribution >= 4 is 17.1 Å². The van der Waals surface area contributed by atoms with Crippen LogP contribution in [0, 0.1) is 0 Å². The van der Waals surface area contributed by atoms with Gasteiger partial charge in [-0.3, -0.25) is 4.79 Å². The number of carbonyl (C=O) groups excluding carboxylic acids is 1. The molecule has 0 unspecified atom stereocenters. The van der Waals surface area contributed by atoms with Gasteiger partial charge in [0.1, 0.15) is 10.8 Å². The lowest BCUT2D eigenvalue weighted by atomic mass is 9.98. The van der Waals surface area contributed by atoms with Gasteiger partial charge in [-0.25, -0.2) is 4.98 Å². The Balaban J connectivity index is 1.95. The summed E-state index contributed by atoms with van der Waals surface area (Å²) in [6.45, 7) is 3.88. The molecule has 0 aliphatic carbocycles. The molecule has 106 valence electrons. The molecule has 1 aromatic heterocycles. The van der Waals surface area contributed by atoms with Crippen LogP contribution < -0.4 is 5.73 Å². The summed E-state index contributed by atoms with van der Waals surface area (Å²) in [5.41, 5.74) is 7.64. The summed E-state index contributed by atoms with van der Waals surface area (Å²) < 4.78 is 0. The molecule has 1 aromatic carbocycles. The first-order valence-corrected chi connectivity index (χ1v) is 7.62. The van der Waals surface area contributed by atoms with Crippen LogP contribution in [0.3, 0.4) is 0 Å². The summed E-state index contributed by atoms with van der Waals surface area (Å²) in [5, 5.41) is 2.88. The van der Waals surface area contributed by atoms with E-state index in [2.05, 4.69) is 4.98 Å². The lowest BCUT2D eigenvalue weighted by Gasteiger charge is -2.16. The average Bonchev–Trinajstić information content (AvgIpc) is 2.85. The van der Waals surface area contributed by atoms with Crippen LogP contribution >= 0.6 is 11.3 Å². The van der Waals surface area contributed by atoms with E-state index < -0.39 is 0 Å². The number of aromatic nitrogens is 1. The van der Waals surface area contributed by atoms with E-state index >= 15 is 0 Å². The average molecular weight is 288 g/mol. The smallest absolute Gasteiger partial charge is 0.139 e. The van der Waals surface area contributed by atoms with Crippen LogP contribution in [0.5, 0.6) is 0 Å². The van der Waals surface area contributed by atoms with Gasteiger partial charge in [-0.15, -0.1) is 11.3 Å². The summed E-state index contributed by atoms with van der Waals surface area (Å²) in [4.78, 5) is 16.4. The van der Waals surface area contributed by atoms with Gasteiger partial charge in [-0.05, 0) is 20.3 Å². The van der Waals surface area contributed by atoms with Crippen LogP contribution in [0.25, 0.3) is 11.3 Å². The molecule has 3 nitrogen and oxygen atoms in total. The molecule has 0 spiro atoms. The van der Waals surface area contributed by atoms with E-state index in [1.807, 2.05) is 49.6 Å². The Kier molecular flexibility index (Phi) is 4.68. The van der Waals surface area contributed by atoms with Crippen LogP contribution in [-0.4, -0.2) is 16.3 Å². The molecule has 2 N–H and O–H groups in total. The summed E-state index contributed by atoms with van der Waals surface area (Å²) in [6.07, 6.45) is 1.64. The molecule has 0 fully saturated rings. The van der Waals surface area contributed by atoms with Gasteiger partial charge in [-0.1, -0.05) is 30.3 Å². The van der Waals surface area contributed by atoms with Gasteiger partial charge in [-0.2, -0.15) is 0 Å². The zero-order valence-corrected chi connectivity index (χ0v) is 12.7. The van der Waals surface area contributed by atoms with Gasteiger partial charge in [0.05, 0.1) is 12.1 Å². The SMILES string of the molecule is CC(C)(N)CCC(=O)Cc1nc(-c2ccccc2)cs1. The number of ketones is 1. The molecule has 2 rings (SSSR count). The van der Waals surface area contributed by atoms with Crippen molar-refractivity contribution in [1.29, 1.82) is 0 Å². The number of Topliss-reactive ketones (excluding diaryl/α,β-unsaturated/α-hetero) is 1. The first kappa shape index (κ1) is 14.9. The topological polar surface area (TPSA) is 56.0 Å². The minimum Gasteiger partial charge on any atom is -0.326 e. The fourth-order valence-electron chi connectivity index (χ4n) is 1.85. The second-order valence-electron chi connectivity index (χ2n) is 5.70. The third kappa shape index (κ3) is 4.54. The molecule has 0 atom stereocenters. The highest BCUT2D eigenvalue weighted by molar-refractivity contribution is 7.10. The highest BCUT2D eigenvalue weighted by atomic mass is 32.1. The number of carbonyl (C=O) groups is 1. The maximum Gasteiger partial charge on any atom is 0.139 e. The molecule has 0 saturated heterocycles. The van der Waals surface area contributed by atoms with Crippen molar-refractivity contribution in [1.82, 2.24) is 4.98 Å². The van der Waals surface area contributed by atoms with E-state index in [9.17, 15) is 4.79 Å². The number of nitrogens with two attached hydrogens (primary N) is 1. The van der Waals surface area contributed by atoms with Gasteiger partial charge < -0.3 is 5.73 Å². The third-order valence-electron chi connectivity index (χ3n) is 3.02. The predicted octanol–water partition coefficient (Wildman–Crippen LogP) is 3.44. The number of hydrogen-bond donors (Lipinski definition) is 1. The second kappa shape index (κ2) is 6.29. The van der Waals surface area contributed by atoms with Crippen molar-refractivity contribution in [3.8, 4) is 11.3 Å². The van der Waals surface area contributed by atoms with E-state index in [-0.39, 0.29) is 11.3 Å². The predicted molar refractivity (Wildman–Crippen MR) is 83.8 cm³/mol. The Morgan fingerprint density at radius 1 is 1.30 bits per heavy atom. The highest BCUT2D eigenvalue weighted by Gasteiger charge is 2.15. The molecule has 20 heavy (non-hydrogen) atoms. The van der Waals surface area contributed by atoms with Crippen LogP contribution in [0.2, 0.25) is 0 Å². The second-order valence-corrected chi connectivity index (χ2v) is 6.64. The van der Waals surface area contributed by atoms with E-state index in [1.165, 1.54) is 0 Å². The van der Waals surface area contributed by atoms with Gasteiger partial charge >= 0.3 is 0 Å². The molecule has 0 aliphatic heterocycles. The molecule has 0 saturated carbocycles. The van der Waals surface area contributed by atoms with Crippen LogP contribution in [-0.2, 0) is 11.2 Å². The Morgan fingerprint density at radius 2 is 2.00 bits per heavy atom. The molecule has 0 amide bonds. The quantitative estimate of drug-likeness (QED) is 0.886. The van der Waals surface area contributed by atoms with E-state index in [0.29, 0.717) is 19.3 Å². The number of hydrogen-bond acceptors (Lipinski definition) is 4. The monoisotopic (exact) mass is 288 g/mol. The standard InChI is InChI=1S/C16H20N2OS/c1-16(2,17)9-8-13(19)10-15-18-14(11-20-15)12-6-4-3-5-7-12/h3-7,11H,8-10,17H2,1-2H3. The zero-order chi connectivity index (χ0) is 14.6. The summed E-state index contributed by atoms with van der Waals surface area (Å²) in [6, 6.07) is 10.0. The summed E-state index contributed by atoms with van der Waals surface area (Å²) in [5.74, 6) is 0.206. The Bertz CT molecular complexity index is 570. The number of thiazole rings is 1. The maximum absolute atomic E-state index is 11.9. The fourth-order valence-corrected chi connectivity index (χ4v) is 2.68. The fraction of sp³-hybridized carbons (Fsp3) is 0.375. The molecular formula is C16H20N2OS. The minimum absolute atomic E-state index is 0.206. The first-order valence-electron chi connectivity index (χ1n) is 6.74. The third-order valence-corrected chi connectivity index (χ3v) is 3.87. The van der Waals surface area contributed by atoms with Gasteiger partial charge in [0.2, 0.25) is 0 Å². The van der Waals surface area contributed by atoms with Crippen molar-refractivity contribution in [2.24, 2.45) is 5.73 Å². The number of rotatable bonds is 6. The molecule has 0 aliphatic rings. The summed E-state index contributed by atoms with van der Waals surface area (Å²) >= 11 is 1.54. The maximum atomic E-state index is 11.9.